The lowest BCUT2D eigenvalue weighted by atomic mass is 10.1. The summed E-state index contributed by atoms with van der Waals surface area (Å²) in [6.07, 6.45) is 1.65. The summed E-state index contributed by atoms with van der Waals surface area (Å²) >= 11 is 3.85. The second-order valence-corrected chi connectivity index (χ2v) is 7.41. The van der Waals surface area contributed by atoms with E-state index in [2.05, 4.69) is 15.8 Å². The number of hydrazine groups is 1. The molecule has 2 heterocycles. The van der Waals surface area contributed by atoms with E-state index in [1.165, 1.54) is 17.1 Å². The molecule has 114 valence electrons. The Kier molecular flexibility index (Phi) is 4.74. The molecule has 0 saturated carbocycles. The third-order valence-corrected chi connectivity index (χ3v) is 6.30. The maximum Gasteiger partial charge on any atom is 0.286 e. The summed E-state index contributed by atoms with van der Waals surface area (Å²) in [6.45, 7) is 0. The number of carbonyl (C=O) groups excluding carboxylic acids is 2. The number of aromatic amines is 1. The van der Waals surface area contributed by atoms with Gasteiger partial charge in [-0.2, -0.15) is 0 Å². The number of thioether (sulfide) groups is 2. The Morgan fingerprint density at radius 3 is 2.32 bits per heavy atom. The SMILES string of the molecule is O=C(NNC(=O)c1ccc[nH]1)c1ccc(C2SCCS2)cc1. The van der Waals surface area contributed by atoms with Crippen LogP contribution in [0.25, 0.3) is 0 Å². The van der Waals surface area contributed by atoms with Crippen molar-refractivity contribution >= 4 is 35.3 Å². The molecule has 7 heteroatoms. The lowest BCUT2D eigenvalue weighted by Crippen LogP contribution is -2.41. The average Bonchev–Trinajstić information content (AvgIpc) is 3.25. The predicted octanol–water partition coefficient (Wildman–Crippen LogP) is 2.57. The van der Waals surface area contributed by atoms with Gasteiger partial charge in [-0.15, -0.1) is 23.5 Å². The maximum absolute atomic E-state index is 12.0. The minimum atomic E-state index is -0.381. The first-order valence-electron chi connectivity index (χ1n) is 6.81. The number of hydrogen-bond acceptors (Lipinski definition) is 4. The predicted molar refractivity (Wildman–Crippen MR) is 89.8 cm³/mol. The number of hydrogen-bond donors (Lipinski definition) is 3. The number of aromatic nitrogens is 1. The Hall–Kier alpha value is -1.86. The molecule has 1 aromatic heterocycles. The van der Waals surface area contributed by atoms with Crippen molar-refractivity contribution < 1.29 is 9.59 Å². The Balaban J connectivity index is 1.56. The van der Waals surface area contributed by atoms with E-state index >= 15 is 0 Å². The summed E-state index contributed by atoms with van der Waals surface area (Å²) in [7, 11) is 0. The highest BCUT2D eigenvalue weighted by atomic mass is 32.2. The molecular weight excluding hydrogens is 318 g/mol. The number of nitrogens with one attached hydrogen (secondary N) is 3. The minimum absolute atomic E-state index is 0.335. The van der Waals surface area contributed by atoms with Crippen molar-refractivity contribution in [2.75, 3.05) is 11.5 Å². The van der Waals surface area contributed by atoms with Crippen molar-refractivity contribution in [2.24, 2.45) is 0 Å². The molecule has 0 aliphatic carbocycles. The van der Waals surface area contributed by atoms with E-state index in [-0.39, 0.29) is 11.8 Å². The zero-order chi connectivity index (χ0) is 15.4. The smallest absolute Gasteiger partial charge is 0.286 e. The summed E-state index contributed by atoms with van der Waals surface area (Å²) < 4.78 is 0.463. The van der Waals surface area contributed by atoms with E-state index < -0.39 is 0 Å². The molecule has 1 aliphatic rings. The van der Waals surface area contributed by atoms with Gasteiger partial charge >= 0.3 is 0 Å². The van der Waals surface area contributed by atoms with E-state index in [9.17, 15) is 9.59 Å². The lowest BCUT2D eigenvalue weighted by Gasteiger charge is -2.10. The fraction of sp³-hybridized carbons (Fsp3) is 0.200. The van der Waals surface area contributed by atoms with Crippen molar-refractivity contribution in [1.29, 1.82) is 0 Å². The molecule has 0 radical (unpaired) electrons. The first kappa shape index (κ1) is 15.1. The molecule has 0 atom stereocenters. The molecule has 0 spiro atoms. The third-order valence-electron chi connectivity index (χ3n) is 3.20. The molecule has 0 unspecified atom stereocenters. The van der Waals surface area contributed by atoms with Crippen LogP contribution in [0.15, 0.2) is 42.6 Å². The van der Waals surface area contributed by atoms with Gasteiger partial charge in [-0.3, -0.25) is 20.4 Å². The second-order valence-electron chi connectivity index (χ2n) is 4.69. The van der Waals surface area contributed by atoms with Gasteiger partial charge < -0.3 is 4.98 Å². The molecule has 22 heavy (non-hydrogen) atoms. The quantitative estimate of drug-likeness (QED) is 0.755. The summed E-state index contributed by atoms with van der Waals surface area (Å²) in [6, 6.07) is 10.9. The van der Waals surface area contributed by atoms with Crippen molar-refractivity contribution in [2.45, 2.75) is 4.58 Å². The van der Waals surface area contributed by atoms with Crippen LogP contribution in [-0.2, 0) is 0 Å². The minimum Gasteiger partial charge on any atom is -0.357 e. The van der Waals surface area contributed by atoms with Gasteiger partial charge in [0.1, 0.15) is 5.69 Å². The van der Waals surface area contributed by atoms with Crippen molar-refractivity contribution in [3.63, 3.8) is 0 Å². The van der Waals surface area contributed by atoms with Crippen molar-refractivity contribution in [3.05, 3.63) is 59.4 Å². The number of rotatable bonds is 3. The van der Waals surface area contributed by atoms with Crippen LogP contribution < -0.4 is 10.9 Å². The Morgan fingerprint density at radius 2 is 1.68 bits per heavy atom. The molecule has 1 fully saturated rings. The number of H-pyrrole nitrogens is 1. The molecular formula is C15H15N3O2S2. The zero-order valence-electron chi connectivity index (χ0n) is 11.7. The van der Waals surface area contributed by atoms with Crippen molar-refractivity contribution in [1.82, 2.24) is 15.8 Å². The van der Waals surface area contributed by atoms with Crippen LogP contribution in [0.1, 0.15) is 31.0 Å². The van der Waals surface area contributed by atoms with E-state index in [0.717, 1.165) is 0 Å². The Morgan fingerprint density at radius 1 is 1.00 bits per heavy atom. The van der Waals surface area contributed by atoms with E-state index in [0.29, 0.717) is 15.8 Å². The fourth-order valence-electron chi connectivity index (χ4n) is 2.07. The molecule has 3 N–H and O–H groups in total. The second kappa shape index (κ2) is 6.93. The Bertz CT molecular complexity index is 650. The van der Waals surface area contributed by atoms with Gasteiger partial charge in [-0.1, -0.05) is 12.1 Å². The standard InChI is InChI=1S/C15H15N3O2S2/c19-13(17-18-14(20)12-2-1-7-16-12)10-3-5-11(6-4-10)15-21-8-9-22-15/h1-7,15-16H,8-9H2,(H,17,19)(H,18,20). The number of amides is 2. The normalized spacial score (nSPS) is 14.7. The van der Waals surface area contributed by atoms with Crippen LogP contribution in [0.3, 0.4) is 0 Å². The van der Waals surface area contributed by atoms with Crippen LogP contribution in [0.4, 0.5) is 0 Å². The van der Waals surface area contributed by atoms with E-state index in [4.69, 9.17) is 0 Å². The van der Waals surface area contributed by atoms with Crippen LogP contribution in [0.5, 0.6) is 0 Å². The van der Waals surface area contributed by atoms with Gasteiger partial charge in [0.15, 0.2) is 0 Å². The first-order chi connectivity index (χ1) is 10.7. The third kappa shape index (κ3) is 3.48. The lowest BCUT2D eigenvalue weighted by molar-refractivity contribution is 0.0844. The van der Waals surface area contributed by atoms with Gasteiger partial charge in [0.05, 0.1) is 4.58 Å². The monoisotopic (exact) mass is 333 g/mol. The van der Waals surface area contributed by atoms with Crippen LogP contribution in [0.2, 0.25) is 0 Å². The zero-order valence-corrected chi connectivity index (χ0v) is 13.3. The average molecular weight is 333 g/mol. The van der Waals surface area contributed by atoms with E-state index in [1.54, 1.807) is 30.5 Å². The topological polar surface area (TPSA) is 74.0 Å². The van der Waals surface area contributed by atoms with Crippen molar-refractivity contribution in [3.8, 4) is 0 Å². The van der Waals surface area contributed by atoms with Gasteiger partial charge in [0.2, 0.25) is 0 Å². The summed E-state index contributed by atoms with van der Waals surface area (Å²) in [5, 5.41) is 0. The van der Waals surface area contributed by atoms with Gasteiger partial charge in [-0.25, -0.2) is 0 Å². The maximum atomic E-state index is 12.0. The molecule has 5 nitrogen and oxygen atoms in total. The first-order valence-corrected chi connectivity index (χ1v) is 8.91. The largest absolute Gasteiger partial charge is 0.357 e. The summed E-state index contributed by atoms with van der Waals surface area (Å²) in [5.41, 5.74) is 6.92. The highest BCUT2D eigenvalue weighted by molar-refractivity contribution is 8.19. The van der Waals surface area contributed by atoms with Gasteiger partial charge in [-0.05, 0) is 29.8 Å². The molecule has 1 saturated heterocycles. The summed E-state index contributed by atoms with van der Waals surface area (Å²) in [5.74, 6) is 1.62. The van der Waals surface area contributed by atoms with Crippen LogP contribution in [0, 0.1) is 0 Å². The molecule has 2 aromatic rings. The van der Waals surface area contributed by atoms with E-state index in [1.807, 2.05) is 35.7 Å². The van der Waals surface area contributed by atoms with Gasteiger partial charge in [0, 0.05) is 23.3 Å². The summed E-state index contributed by atoms with van der Waals surface area (Å²) in [4.78, 5) is 26.5. The molecule has 3 rings (SSSR count). The highest BCUT2D eigenvalue weighted by Gasteiger charge is 2.18. The molecule has 2 amide bonds. The van der Waals surface area contributed by atoms with Crippen LogP contribution in [-0.4, -0.2) is 28.3 Å². The van der Waals surface area contributed by atoms with Gasteiger partial charge in [0.25, 0.3) is 11.8 Å². The van der Waals surface area contributed by atoms with Crippen LogP contribution >= 0.6 is 23.5 Å². The fourth-order valence-corrected chi connectivity index (χ4v) is 4.93. The number of carbonyl (C=O) groups is 2. The Labute approximate surface area is 136 Å². The number of benzene rings is 1. The highest BCUT2D eigenvalue weighted by Crippen LogP contribution is 2.45. The molecule has 0 bridgehead atoms. The molecule has 1 aromatic carbocycles. The molecule has 1 aliphatic heterocycles.